The van der Waals surface area contributed by atoms with E-state index < -0.39 is 0 Å². The second-order valence-electron chi connectivity index (χ2n) is 4.58. The van der Waals surface area contributed by atoms with Crippen LogP contribution in [0.2, 0.25) is 0 Å². The molecule has 0 radical (unpaired) electrons. The minimum atomic E-state index is -0.0755. The number of para-hydroxylation sites is 1. The molecule has 0 saturated carbocycles. The SMILES string of the molecule is C#Cc1ccn2cc(CC)n(-c3ccccc3)c(=O)c12. The molecule has 0 amide bonds. The molecule has 0 fully saturated rings. The van der Waals surface area contributed by atoms with Crippen LogP contribution in [0.4, 0.5) is 0 Å². The molecular weight excluding hydrogens is 248 g/mol. The topological polar surface area (TPSA) is 26.4 Å². The van der Waals surface area contributed by atoms with Crippen molar-refractivity contribution in [2.45, 2.75) is 13.3 Å². The van der Waals surface area contributed by atoms with Crippen LogP contribution in [0, 0.1) is 12.3 Å². The predicted molar refractivity (Wildman–Crippen MR) is 80.3 cm³/mol. The highest BCUT2D eigenvalue weighted by molar-refractivity contribution is 5.62. The third kappa shape index (κ3) is 1.74. The number of nitrogens with zero attached hydrogens (tertiary/aromatic N) is 2. The van der Waals surface area contributed by atoms with Gasteiger partial charge in [-0.05, 0) is 24.6 Å². The molecule has 0 bridgehead atoms. The van der Waals surface area contributed by atoms with E-state index in [1.54, 1.807) is 10.6 Å². The maximum absolute atomic E-state index is 12.8. The van der Waals surface area contributed by atoms with Gasteiger partial charge in [-0.15, -0.1) is 6.42 Å². The van der Waals surface area contributed by atoms with Crippen LogP contribution < -0.4 is 5.56 Å². The van der Waals surface area contributed by atoms with Crippen LogP contribution in [-0.2, 0) is 6.42 Å². The lowest BCUT2D eigenvalue weighted by atomic mass is 10.2. The van der Waals surface area contributed by atoms with Gasteiger partial charge in [-0.3, -0.25) is 9.36 Å². The molecule has 1 aromatic carbocycles. The van der Waals surface area contributed by atoms with E-state index in [-0.39, 0.29) is 5.56 Å². The van der Waals surface area contributed by atoms with Crippen LogP contribution in [0.1, 0.15) is 18.2 Å². The molecule has 3 rings (SSSR count). The van der Waals surface area contributed by atoms with Crippen molar-refractivity contribution in [2.24, 2.45) is 0 Å². The third-order valence-electron chi connectivity index (χ3n) is 3.43. The number of terminal acetylenes is 1. The fourth-order valence-corrected chi connectivity index (χ4v) is 2.46. The Bertz CT molecular complexity index is 864. The molecule has 0 unspecified atom stereocenters. The van der Waals surface area contributed by atoms with Crippen LogP contribution in [0.25, 0.3) is 11.2 Å². The summed E-state index contributed by atoms with van der Waals surface area (Å²) in [5, 5.41) is 0. The zero-order valence-corrected chi connectivity index (χ0v) is 11.2. The van der Waals surface area contributed by atoms with Gasteiger partial charge >= 0.3 is 0 Å². The molecule has 0 aliphatic carbocycles. The first-order valence-corrected chi connectivity index (χ1v) is 6.54. The van der Waals surface area contributed by atoms with Crippen molar-refractivity contribution in [3.63, 3.8) is 0 Å². The molecule has 0 N–H and O–H groups in total. The molecule has 3 nitrogen and oxygen atoms in total. The Morgan fingerprint density at radius 3 is 2.60 bits per heavy atom. The van der Waals surface area contributed by atoms with Gasteiger partial charge in [-0.2, -0.15) is 0 Å². The summed E-state index contributed by atoms with van der Waals surface area (Å²) in [4.78, 5) is 12.8. The molecule has 3 heteroatoms. The second kappa shape index (κ2) is 4.75. The normalized spacial score (nSPS) is 10.6. The Hall–Kier alpha value is -2.73. The van der Waals surface area contributed by atoms with Gasteiger partial charge in [0.25, 0.3) is 5.56 Å². The van der Waals surface area contributed by atoms with E-state index in [2.05, 4.69) is 5.92 Å². The summed E-state index contributed by atoms with van der Waals surface area (Å²) in [6.45, 7) is 2.03. The smallest absolute Gasteiger partial charge is 0.280 e. The molecular formula is C17H14N2O. The standard InChI is InChI=1S/C17H14N2O/c1-3-13-10-11-18-12-14(4-2)19(17(20)16(13)18)15-8-6-5-7-9-15/h1,5-12H,4H2,2H3. The van der Waals surface area contributed by atoms with Gasteiger partial charge in [0.15, 0.2) is 0 Å². The van der Waals surface area contributed by atoms with E-state index in [1.807, 2.05) is 54.0 Å². The van der Waals surface area contributed by atoms with E-state index in [0.29, 0.717) is 11.1 Å². The van der Waals surface area contributed by atoms with Crippen LogP contribution in [0.15, 0.2) is 53.6 Å². The zero-order valence-electron chi connectivity index (χ0n) is 11.2. The maximum Gasteiger partial charge on any atom is 0.280 e. The zero-order chi connectivity index (χ0) is 14.1. The van der Waals surface area contributed by atoms with Crippen molar-refractivity contribution in [2.75, 3.05) is 0 Å². The van der Waals surface area contributed by atoms with Crippen LogP contribution in [-0.4, -0.2) is 8.97 Å². The van der Waals surface area contributed by atoms with E-state index >= 15 is 0 Å². The van der Waals surface area contributed by atoms with Crippen molar-refractivity contribution in [3.05, 3.63) is 70.4 Å². The Morgan fingerprint density at radius 2 is 1.95 bits per heavy atom. The molecule has 2 heterocycles. The number of rotatable bonds is 2. The Labute approximate surface area is 117 Å². The van der Waals surface area contributed by atoms with Gasteiger partial charge in [0.1, 0.15) is 5.52 Å². The van der Waals surface area contributed by atoms with Gasteiger partial charge in [0.2, 0.25) is 0 Å². The first-order chi connectivity index (χ1) is 9.76. The lowest BCUT2D eigenvalue weighted by molar-refractivity contribution is 0.852. The van der Waals surface area contributed by atoms with Gasteiger partial charge in [-0.1, -0.05) is 31.0 Å². The number of hydrogen-bond donors (Lipinski definition) is 0. The Morgan fingerprint density at radius 1 is 1.20 bits per heavy atom. The highest BCUT2D eigenvalue weighted by Gasteiger charge is 2.12. The highest BCUT2D eigenvalue weighted by atomic mass is 16.1. The first kappa shape index (κ1) is 12.3. The van der Waals surface area contributed by atoms with Crippen LogP contribution in [0.3, 0.4) is 0 Å². The minimum Gasteiger partial charge on any atom is -0.316 e. The molecule has 98 valence electrons. The third-order valence-corrected chi connectivity index (χ3v) is 3.43. The second-order valence-corrected chi connectivity index (χ2v) is 4.58. The molecule has 20 heavy (non-hydrogen) atoms. The minimum absolute atomic E-state index is 0.0755. The number of fused-ring (bicyclic) bond motifs is 1. The summed E-state index contributed by atoms with van der Waals surface area (Å²) in [6.07, 6.45) is 10.0. The highest BCUT2D eigenvalue weighted by Crippen LogP contribution is 2.14. The summed E-state index contributed by atoms with van der Waals surface area (Å²) in [6, 6.07) is 11.4. The van der Waals surface area contributed by atoms with E-state index in [9.17, 15) is 4.79 Å². The summed E-state index contributed by atoms with van der Waals surface area (Å²) in [7, 11) is 0. The lowest BCUT2D eigenvalue weighted by Crippen LogP contribution is -2.24. The number of hydrogen-bond acceptors (Lipinski definition) is 1. The molecule has 0 saturated heterocycles. The number of aromatic nitrogens is 2. The van der Waals surface area contributed by atoms with Gasteiger partial charge in [0, 0.05) is 23.8 Å². The average Bonchev–Trinajstić information content (AvgIpc) is 2.91. The molecule has 3 aromatic rings. The van der Waals surface area contributed by atoms with E-state index in [4.69, 9.17) is 6.42 Å². The molecule has 0 aliphatic heterocycles. The summed E-state index contributed by atoms with van der Waals surface area (Å²) < 4.78 is 3.55. The van der Waals surface area contributed by atoms with Crippen molar-refractivity contribution in [1.29, 1.82) is 0 Å². The monoisotopic (exact) mass is 262 g/mol. The molecule has 0 atom stereocenters. The van der Waals surface area contributed by atoms with Gasteiger partial charge in [0.05, 0.1) is 5.56 Å². The largest absolute Gasteiger partial charge is 0.316 e. The first-order valence-electron chi connectivity index (χ1n) is 6.54. The van der Waals surface area contributed by atoms with E-state index in [1.165, 1.54) is 0 Å². The van der Waals surface area contributed by atoms with Crippen molar-refractivity contribution < 1.29 is 0 Å². The summed E-state index contributed by atoms with van der Waals surface area (Å²) in [5.74, 6) is 2.57. The quantitative estimate of drug-likeness (QED) is 0.652. The van der Waals surface area contributed by atoms with Gasteiger partial charge < -0.3 is 4.40 Å². The number of aryl methyl sites for hydroxylation is 1. The summed E-state index contributed by atoms with van der Waals surface area (Å²) >= 11 is 0. The summed E-state index contributed by atoms with van der Waals surface area (Å²) in [5.41, 5.74) is 2.92. The predicted octanol–water partition coefficient (Wildman–Crippen LogP) is 2.63. The molecule has 2 aromatic heterocycles. The van der Waals surface area contributed by atoms with Crippen LogP contribution >= 0.6 is 0 Å². The van der Waals surface area contributed by atoms with Crippen LogP contribution in [0.5, 0.6) is 0 Å². The van der Waals surface area contributed by atoms with Crippen molar-refractivity contribution in [1.82, 2.24) is 8.97 Å². The van der Waals surface area contributed by atoms with Crippen molar-refractivity contribution in [3.8, 4) is 18.0 Å². The molecule has 0 spiro atoms. The van der Waals surface area contributed by atoms with E-state index in [0.717, 1.165) is 17.8 Å². The number of benzene rings is 1. The fraction of sp³-hybridized carbons (Fsp3) is 0.118. The van der Waals surface area contributed by atoms with Crippen molar-refractivity contribution >= 4 is 5.52 Å². The average molecular weight is 262 g/mol. The fourth-order valence-electron chi connectivity index (χ4n) is 2.46. The maximum atomic E-state index is 12.8. The Balaban J connectivity index is 2.44. The van der Waals surface area contributed by atoms with Gasteiger partial charge in [-0.25, -0.2) is 0 Å². The molecule has 0 aliphatic rings. The Kier molecular flexibility index (Phi) is 2.92. The lowest BCUT2D eigenvalue weighted by Gasteiger charge is -2.13.